The lowest BCUT2D eigenvalue weighted by Gasteiger charge is -2.34. The molecule has 5 nitrogen and oxygen atoms in total. The Bertz CT molecular complexity index is 1000. The van der Waals surface area contributed by atoms with Crippen LogP contribution in [0.3, 0.4) is 0 Å². The highest BCUT2D eigenvalue weighted by molar-refractivity contribution is 5.59. The van der Waals surface area contributed by atoms with Crippen molar-refractivity contribution in [3.05, 3.63) is 71.3 Å². The second-order valence-electron chi connectivity index (χ2n) is 7.99. The maximum Gasteiger partial charge on any atom is 0.180 e. The topological polar surface area (TPSA) is 51.1 Å². The van der Waals surface area contributed by atoms with E-state index in [1.807, 2.05) is 18.2 Å². The number of anilines is 1. The maximum atomic E-state index is 13.1. The minimum Gasteiger partial charge on any atom is -0.373 e. The van der Waals surface area contributed by atoms with Gasteiger partial charge in [-0.3, -0.25) is 4.98 Å². The van der Waals surface area contributed by atoms with E-state index in [0.29, 0.717) is 6.61 Å². The Labute approximate surface area is 176 Å². The van der Waals surface area contributed by atoms with Crippen LogP contribution >= 0.6 is 0 Å². The number of benzene rings is 1. The molecule has 154 valence electrons. The molecule has 1 fully saturated rings. The second kappa shape index (κ2) is 8.48. The first kappa shape index (κ1) is 19.1. The van der Waals surface area contributed by atoms with Crippen molar-refractivity contribution in [1.29, 1.82) is 0 Å². The summed E-state index contributed by atoms with van der Waals surface area (Å²) in [6.07, 6.45) is 7.13. The van der Waals surface area contributed by atoms with Gasteiger partial charge in [-0.05, 0) is 61.9 Å². The standard InChI is InChI=1S/C24H25FN4O/c25-18-9-7-17(8-10-18)16-30-19-11-14-29(15-12-19)24-20-4-3-6-21(20)27-23(28-24)22-5-1-2-13-26-22/h1-2,5,7-10,13,19H,3-4,6,11-12,14-16H2. The zero-order valence-corrected chi connectivity index (χ0v) is 16.9. The van der Waals surface area contributed by atoms with Crippen molar-refractivity contribution in [2.45, 2.75) is 44.8 Å². The predicted octanol–water partition coefficient (Wildman–Crippen LogP) is 4.35. The molecule has 5 rings (SSSR count). The number of rotatable bonds is 5. The highest BCUT2D eigenvalue weighted by Gasteiger charge is 2.27. The number of ether oxygens (including phenoxy) is 1. The van der Waals surface area contributed by atoms with E-state index in [1.165, 1.54) is 23.4 Å². The van der Waals surface area contributed by atoms with Gasteiger partial charge < -0.3 is 9.64 Å². The third-order valence-electron chi connectivity index (χ3n) is 5.95. The molecule has 0 unspecified atom stereocenters. The average molecular weight is 404 g/mol. The van der Waals surface area contributed by atoms with Gasteiger partial charge in [-0.15, -0.1) is 0 Å². The number of nitrogens with zero attached hydrogens (tertiary/aromatic N) is 4. The quantitative estimate of drug-likeness (QED) is 0.633. The van der Waals surface area contributed by atoms with Gasteiger partial charge in [-0.2, -0.15) is 0 Å². The van der Waals surface area contributed by atoms with E-state index in [2.05, 4.69) is 9.88 Å². The molecule has 0 N–H and O–H groups in total. The third kappa shape index (κ3) is 4.05. The lowest BCUT2D eigenvalue weighted by Crippen LogP contribution is -2.38. The fourth-order valence-electron chi connectivity index (χ4n) is 4.31. The zero-order valence-electron chi connectivity index (χ0n) is 16.9. The summed E-state index contributed by atoms with van der Waals surface area (Å²) in [5, 5.41) is 0. The van der Waals surface area contributed by atoms with Gasteiger partial charge in [0.25, 0.3) is 0 Å². The summed E-state index contributed by atoms with van der Waals surface area (Å²) in [5.41, 5.74) is 4.31. The van der Waals surface area contributed by atoms with E-state index in [4.69, 9.17) is 14.7 Å². The highest BCUT2D eigenvalue weighted by Crippen LogP contribution is 2.32. The molecule has 0 radical (unpaired) electrons. The summed E-state index contributed by atoms with van der Waals surface area (Å²) < 4.78 is 19.1. The summed E-state index contributed by atoms with van der Waals surface area (Å²) in [6.45, 7) is 2.36. The van der Waals surface area contributed by atoms with Crippen LogP contribution in [0.2, 0.25) is 0 Å². The molecular formula is C24H25FN4O. The first-order valence-corrected chi connectivity index (χ1v) is 10.7. The van der Waals surface area contributed by atoms with Gasteiger partial charge in [-0.1, -0.05) is 18.2 Å². The van der Waals surface area contributed by atoms with Crippen LogP contribution in [-0.2, 0) is 24.2 Å². The van der Waals surface area contributed by atoms with Crippen LogP contribution < -0.4 is 4.90 Å². The van der Waals surface area contributed by atoms with Crippen LogP contribution in [0, 0.1) is 5.82 Å². The van der Waals surface area contributed by atoms with Crippen LogP contribution in [0.15, 0.2) is 48.7 Å². The lowest BCUT2D eigenvalue weighted by atomic mass is 10.1. The molecule has 1 aliphatic carbocycles. The van der Waals surface area contributed by atoms with Crippen molar-refractivity contribution in [1.82, 2.24) is 15.0 Å². The molecule has 0 amide bonds. The normalized spacial score (nSPS) is 16.6. The van der Waals surface area contributed by atoms with E-state index in [9.17, 15) is 4.39 Å². The van der Waals surface area contributed by atoms with Crippen LogP contribution in [0.4, 0.5) is 10.2 Å². The van der Waals surface area contributed by atoms with Crippen molar-refractivity contribution in [2.75, 3.05) is 18.0 Å². The van der Waals surface area contributed by atoms with Gasteiger partial charge in [-0.25, -0.2) is 14.4 Å². The lowest BCUT2D eigenvalue weighted by molar-refractivity contribution is 0.0250. The zero-order chi connectivity index (χ0) is 20.3. The van der Waals surface area contributed by atoms with E-state index >= 15 is 0 Å². The summed E-state index contributed by atoms with van der Waals surface area (Å²) in [4.78, 5) is 16.6. The average Bonchev–Trinajstić information content (AvgIpc) is 3.28. The number of aromatic nitrogens is 3. The van der Waals surface area contributed by atoms with E-state index in [1.54, 1.807) is 18.3 Å². The molecule has 30 heavy (non-hydrogen) atoms. The molecular weight excluding hydrogens is 379 g/mol. The van der Waals surface area contributed by atoms with E-state index < -0.39 is 0 Å². The molecule has 1 aliphatic heterocycles. The molecule has 0 atom stereocenters. The van der Waals surface area contributed by atoms with Crippen LogP contribution in [-0.4, -0.2) is 34.1 Å². The Morgan fingerprint density at radius 3 is 2.60 bits per heavy atom. The summed E-state index contributed by atoms with van der Waals surface area (Å²) in [7, 11) is 0. The van der Waals surface area contributed by atoms with Gasteiger partial charge in [0.2, 0.25) is 0 Å². The molecule has 2 aliphatic rings. The molecule has 3 aromatic rings. The number of fused-ring (bicyclic) bond motifs is 1. The van der Waals surface area contributed by atoms with Crippen molar-refractivity contribution in [3.63, 3.8) is 0 Å². The van der Waals surface area contributed by atoms with Crippen molar-refractivity contribution >= 4 is 5.82 Å². The van der Waals surface area contributed by atoms with Gasteiger partial charge in [0.05, 0.1) is 12.7 Å². The first-order chi connectivity index (χ1) is 14.8. The minimum atomic E-state index is -0.213. The number of aryl methyl sites for hydroxylation is 1. The van der Waals surface area contributed by atoms with Crippen LogP contribution in [0.1, 0.15) is 36.1 Å². The fourth-order valence-corrected chi connectivity index (χ4v) is 4.31. The Morgan fingerprint density at radius 1 is 1.00 bits per heavy atom. The number of hydrogen-bond donors (Lipinski definition) is 0. The number of hydrogen-bond acceptors (Lipinski definition) is 5. The van der Waals surface area contributed by atoms with Crippen molar-refractivity contribution in [2.24, 2.45) is 0 Å². The molecule has 1 saturated heterocycles. The smallest absolute Gasteiger partial charge is 0.180 e. The maximum absolute atomic E-state index is 13.1. The number of pyridine rings is 1. The molecule has 1 aromatic carbocycles. The van der Waals surface area contributed by atoms with E-state index in [0.717, 1.165) is 68.1 Å². The van der Waals surface area contributed by atoms with Crippen molar-refractivity contribution < 1.29 is 9.13 Å². The Morgan fingerprint density at radius 2 is 1.83 bits per heavy atom. The SMILES string of the molecule is Fc1ccc(COC2CCN(c3nc(-c4ccccn4)nc4c3CCC4)CC2)cc1. The van der Waals surface area contributed by atoms with E-state index in [-0.39, 0.29) is 11.9 Å². The second-order valence-corrected chi connectivity index (χ2v) is 7.99. The fraction of sp³-hybridized carbons (Fsp3) is 0.375. The Kier molecular flexibility index (Phi) is 5.41. The van der Waals surface area contributed by atoms with Crippen LogP contribution in [0.25, 0.3) is 11.5 Å². The summed E-state index contributed by atoms with van der Waals surface area (Å²) >= 11 is 0. The molecule has 3 heterocycles. The first-order valence-electron chi connectivity index (χ1n) is 10.7. The largest absolute Gasteiger partial charge is 0.373 e. The van der Waals surface area contributed by atoms with Crippen LogP contribution in [0.5, 0.6) is 0 Å². The minimum absolute atomic E-state index is 0.213. The monoisotopic (exact) mass is 404 g/mol. The molecule has 0 bridgehead atoms. The molecule has 0 spiro atoms. The Hall–Kier alpha value is -2.86. The predicted molar refractivity (Wildman–Crippen MR) is 114 cm³/mol. The molecule has 0 saturated carbocycles. The summed E-state index contributed by atoms with van der Waals surface area (Å²) in [6, 6.07) is 12.4. The number of piperidine rings is 1. The van der Waals surface area contributed by atoms with Gasteiger partial charge in [0.15, 0.2) is 5.82 Å². The van der Waals surface area contributed by atoms with Gasteiger partial charge >= 0.3 is 0 Å². The molecule has 6 heteroatoms. The Balaban J connectivity index is 1.28. The molecule has 2 aromatic heterocycles. The highest BCUT2D eigenvalue weighted by atomic mass is 19.1. The summed E-state index contributed by atoms with van der Waals surface area (Å²) in [5.74, 6) is 1.59. The van der Waals surface area contributed by atoms with Gasteiger partial charge in [0, 0.05) is 30.5 Å². The van der Waals surface area contributed by atoms with Gasteiger partial charge in [0.1, 0.15) is 17.3 Å². The third-order valence-corrected chi connectivity index (χ3v) is 5.95. The van der Waals surface area contributed by atoms with Crippen molar-refractivity contribution in [3.8, 4) is 11.5 Å². The number of halogens is 1.